The van der Waals surface area contributed by atoms with Crippen molar-refractivity contribution in [3.63, 3.8) is 0 Å². The average molecular weight is 228 g/mol. The monoisotopic (exact) mass is 227 g/mol. The Morgan fingerprint density at radius 2 is 2.00 bits per heavy atom. The van der Waals surface area contributed by atoms with Crippen molar-refractivity contribution >= 4 is 11.6 Å². The first-order valence-corrected chi connectivity index (χ1v) is 5.63. The molecule has 0 aliphatic heterocycles. The topological polar surface area (TPSA) is 21.3 Å². The highest BCUT2D eigenvalue weighted by Gasteiger charge is 2.00. The molecular weight excluding hydrogens is 210 g/mol. The minimum atomic E-state index is 0.641. The van der Waals surface area contributed by atoms with Gasteiger partial charge in [-0.05, 0) is 50.2 Å². The SMILES string of the molecule is CNCC(C)CCOc1ccc(Cl)cc1. The third-order valence-corrected chi connectivity index (χ3v) is 2.50. The lowest BCUT2D eigenvalue weighted by molar-refractivity contribution is 0.282. The minimum Gasteiger partial charge on any atom is -0.494 e. The molecule has 1 aromatic rings. The van der Waals surface area contributed by atoms with Gasteiger partial charge >= 0.3 is 0 Å². The molecule has 1 rings (SSSR count). The molecule has 1 aromatic carbocycles. The van der Waals surface area contributed by atoms with Crippen molar-refractivity contribution in [2.24, 2.45) is 5.92 Å². The van der Waals surface area contributed by atoms with Gasteiger partial charge in [0.05, 0.1) is 6.61 Å². The molecule has 0 aromatic heterocycles. The summed E-state index contributed by atoms with van der Waals surface area (Å²) in [7, 11) is 1.97. The number of hydrogen-bond donors (Lipinski definition) is 1. The van der Waals surface area contributed by atoms with E-state index in [0.29, 0.717) is 5.92 Å². The van der Waals surface area contributed by atoms with E-state index in [2.05, 4.69) is 12.2 Å². The van der Waals surface area contributed by atoms with Gasteiger partial charge in [0.1, 0.15) is 5.75 Å². The van der Waals surface area contributed by atoms with E-state index in [9.17, 15) is 0 Å². The highest BCUT2D eigenvalue weighted by Crippen LogP contribution is 2.16. The number of benzene rings is 1. The first kappa shape index (κ1) is 12.3. The van der Waals surface area contributed by atoms with Crippen molar-refractivity contribution in [1.29, 1.82) is 0 Å². The second-order valence-corrected chi connectivity index (χ2v) is 4.19. The number of halogens is 1. The lowest BCUT2D eigenvalue weighted by atomic mass is 10.1. The van der Waals surface area contributed by atoms with Crippen LogP contribution in [0.2, 0.25) is 5.02 Å². The van der Waals surface area contributed by atoms with Crippen LogP contribution in [0.3, 0.4) is 0 Å². The summed E-state index contributed by atoms with van der Waals surface area (Å²) >= 11 is 5.77. The first-order valence-electron chi connectivity index (χ1n) is 5.25. The Hall–Kier alpha value is -0.730. The summed E-state index contributed by atoms with van der Waals surface area (Å²) in [5.74, 6) is 1.53. The normalized spacial score (nSPS) is 12.5. The number of rotatable bonds is 6. The lowest BCUT2D eigenvalue weighted by Crippen LogP contribution is -2.18. The Bertz CT molecular complexity index is 273. The quantitative estimate of drug-likeness (QED) is 0.807. The maximum Gasteiger partial charge on any atom is 0.119 e. The molecule has 0 aliphatic rings. The van der Waals surface area contributed by atoms with Crippen LogP contribution in [0, 0.1) is 5.92 Å². The second kappa shape index (κ2) is 6.70. The van der Waals surface area contributed by atoms with Crippen molar-refractivity contribution in [1.82, 2.24) is 5.32 Å². The van der Waals surface area contributed by atoms with Crippen molar-refractivity contribution in [3.8, 4) is 5.75 Å². The van der Waals surface area contributed by atoms with Crippen LogP contribution in [0.15, 0.2) is 24.3 Å². The molecule has 0 radical (unpaired) electrons. The molecule has 84 valence electrons. The van der Waals surface area contributed by atoms with Gasteiger partial charge < -0.3 is 10.1 Å². The van der Waals surface area contributed by atoms with E-state index in [1.165, 1.54) is 0 Å². The van der Waals surface area contributed by atoms with Crippen LogP contribution in [-0.4, -0.2) is 20.2 Å². The molecule has 0 saturated carbocycles. The Morgan fingerprint density at radius 1 is 1.33 bits per heavy atom. The van der Waals surface area contributed by atoms with Gasteiger partial charge in [0.15, 0.2) is 0 Å². The van der Waals surface area contributed by atoms with Gasteiger partial charge in [-0.2, -0.15) is 0 Å². The van der Waals surface area contributed by atoms with Crippen LogP contribution in [0.5, 0.6) is 5.75 Å². The number of nitrogens with one attached hydrogen (secondary N) is 1. The van der Waals surface area contributed by atoms with Gasteiger partial charge in [0.25, 0.3) is 0 Å². The lowest BCUT2D eigenvalue weighted by Gasteiger charge is -2.11. The third-order valence-electron chi connectivity index (χ3n) is 2.25. The van der Waals surface area contributed by atoms with Crippen LogP contribution in [-0.2, 0) is 0 Å². The summed E-state index contributed by atoms with van der Waals surface area (Å²) in [4.78, 5) is 0. The zero-order chi connectivity index (χ0) is 11.1. The fourth-order valence-corrected chi connectivity index (χ4v) is 1.49. The third kappa shape index (κ3) is 5.05. The smallest absolute Gasteiger partial charge is 0.119 e. The Balaban J connectivity index is 2.22. The summed E-state index contributed by atoms with van der Waals surface area (Å²) in [5, 5.41) is 3.89. The maximum atomic E-state index is 5.77. The predicted octanol–water partition coefficient (Wildman–Crippen LogP) is 2.96. The van der Waals surface area contributed by atoms with Crippen molar-refractivity contribution in [2.75, 3.05) is 20.2 Å². The summed E-state index contributed by atoms with van der Waals surface area (Å²) in [6.07, 6.45) is 1.06. The van der Waals surface area contributed by atoms with E-state index in [1.54, 1.807) is 0 Å². The molecule has 15 heavy (non-hydrogen) atoms. The maximum absolute atomic E-state index is 5.77. The molecule has 1 unspecified atom stereocenters. The van der Waals surface area contributed by atoms with E-state index in [4.69, 9.17) is 16.3 Å². The van der Waals surface area contributed by atoms with Crippen molar-refractivity contribution in [2.45, 2.75) is 13.3 Å². The van der Waals surface area contributed by atoms with Crippen molar-refractivity contribution < 1.29 is 4.74 Å². The Labute approximate surface area is 96.6 Å². The van der Waals surface area contributed by atoms with E-state index < -0.39 is 0 Å². The second-order valence-electron chi connectivity index (χ2n) is 3.75. The first-order chi connectivity index (χ1) is 7.22. The summed E-state index contributed by atoms with van der Waals surface area (Å²) < 4.78 is 5.59. The highest BCUT2D eigenvalue weighted by atomic mass is 35.5. The summed E-state index contributed by atoms with van der Waals surface area (Å²) in [6, 6.07) is 7.47. The molecule has 3 heteroatoms. The average Bonchev–Trinajstić information content (AvgIpc) is 2.21. The minimum absolute atomic E-state index is 0.641. The Kier molecular flexibility index (Phi) is 5.51. The van der Waals surface area contributed by atoms with Crippen LogP contribution in [0.1, 0.15) is 13.3 Å². The van der Waals surface area contributed by atoms with Gasteiger partial charge in [0, 0.05) is 5.02 Å². The van der Waals surface area contributed by atoms with Crippen molar-refractivity contribution in [3.05, 3.63) is 29.3 Å². The van der Waals surface area contributed by atoms with Gasteiger partial charge in [-0.3, -0.25) is 0 Å². The van der Waals surface area contributed by atoms with Gasteiger partial charge in [0.2, 0.25) is 0 Å². The molecule has 0 amide bonds. The zero-order valence-corrected chi connectivity index (χ0v) is 10.1. The van der Waals surface area contributed by atoms with Crippen LogP contribution < -0.4 is 10.1 Å². The standard InChI is InChI=1S/C12H18ClNO/c1-10(9-14-2)7-8-15-12-5-3-11(13)4-6-12/h3-6,10,14H,7-9H2,1-2H3. The van der Waals surface area contributed by atoms with Crippen LogP contribution >= 0.6 is 11.6 Å². The summed E-state index contributed by atoms with van der Waals surface area (Å²) in [5.41, 5.74) is 0. The van der Waals surface area contributed by atoms with Gasteiger partial charge in [-0.25, -0.2) is 0 Å². The van der Waals surface area contributed by atoms with Crippen LogP contribution in [0.4, 0.5) is 0 Å². The predicted molar refractivity (Wildman–Crippen MR) is 64.7 cm³/mol. The summed E-state index contributed by atoms with van der Waals surface area (Å²) in [6.45, 7) is 4.00. The molecular formula is C12H18ClNO. The molecule has 0 saturated heterocycles. The molecule has 0 aliphatic carbocycles. The van der Waals surface area contributed by atoms with Gasteiger partial charge in [-0.15, -0.1) is 0 Å². The fourth-order valence-electron chi connectivity index (χ4n) is 1.36. The molecule has 0 bridgehead atoms. The molecule has 1 N–H and O–H groups in total. The fraction of sp³-hybridized carbons (Fsp3) is 0.500. The van der Waals surface area contributed by atoms with E-state index in [1.807, 2.05) is 31.3 Å². The van der Waals surface area contributed by atoms with Crippen LogP contribution in [0.25, 0.3) is 0 Å². The number of ether oxygens (including phenoxy) is 1. The number of hydrogen-bond acceptors (Lipinski definition) is 2. The zero-order valence-electron chi connectivity index (χ0n) is 9.29. The molecule has 0 heterocycles. The molecule has 1 atom stereocenters. The molecule has 2 nitrogen and oxygen atoms in total. The van der Waals surface area contributed by atoms with Gasteiger partial charge in [-0.1, -0.05) is 18.5 Å². The van der Waals surface area contributed by atoms with E-state index >= 15 is 0 Å². The Morgan fingerprint density at radius 3 is 2.60 bits per heavy atom. The molecule has 0 spiro atoms. The van der Waals surface area contributed by atoms with E-state index in [0.717, 1.165) is 30.3 Å². The van der Waals surface area contributed by atoms with E-state index in [-0.39, 0.29) is 0 Å². The highest BCUT2D eigenvalue weighted by molar-refractivity contribution is 6.30. The molecule has 0 fully saturated rings. The largest absolute Gasteiger partial charge is 0.494 e.